The van der Waals surface area contributed by atoms with Gasteiger partial charge in [-0.25, -0.2) is 0 Å². The number of rotatable bonds is 9. The summed E-state index contributed by atoms with van der Waals surface area (Å²) in [5, 5.41) is 2.75. The highest BCUT2D eigenvalue weighted by atomic mass is 16.5. The van der Waals surface area contributed by atoms with Gasteiger partial charge in [0.15, 0.2) is 0 Å². The van der Waals surface area contributed by atoms with E-state index in [0.717, 1.165) is 39.0 Å². The number of carbonyl (C=O) groups excluding carboxylic acids is 1. The van der Waals surface area contributed by atoms with Crippen molar-refractivity contribution < 1.29 is 9.53 Å². The monoisotopic (exact) mass is 199 g/mol. The van der Waals surface area contributed by atoms with Crippen molar-refractivity contribution in [1.82, 2.24) is 5.32 Å². The van der Waals surface area contributed by atoms with Gasteiger partial charge in [-0.15, -0.1) is 0 Å². The van der Waals surface area contributed by atoms with E-state index < -0.39 is 0 Å². The van der Waals surface area contributed by atoms with E-state index in [0.29, 0.717) is 0 Å². The third-order valence-electron chi connectivity index (χ3n) is 1.90. The third-order valence-corrected chi connectivity index (χ3v) is 1.90. The number of unbranched alkanes of at least 4 members (excludes halogenated alkanes) is 3. The molecule has 82 valence electrons. The fourth-order valence-electron chi connectivity index (χ4n) is 1.11. The lowest BCUT2D eigenvalue weighted by Gasteiger charge is -2.02. The zero-order valence-electron chi connectivity index (χ0n) is 9.05. The van der Waals surface area contributed by atoms with E-state index in [1.165, 1.54) is 12.5 Å². The molecule has 0 atom stereocenters. The summed E-state index contributed by atoms with van der Waals surface area (Å²) < 4.78 is 5.21. The molecule has 3 nitrogen and oxygen atoms in total. The Morgan fingerprint density at radius 1 is 1.36 bits per heavy atom. The average Bonchev–Trinajstić information content (AvgIpc) is 2.21. The van der Waals surface area contributed by atoms with E-state index in [9.17, 15) is 4.79 Å². The second kappa shape index (κ2) is 10.3. The van der Waals surface area contributed by atoms with Crippen LogP contribution in [-0.2, 0) is 9.53 Å². The van der Waals surface area contributed by atoms with Crippen molar-refractivity contribution in [2.45, 2.75) is 32.6 Å². The van der Waals surface area contributed by atoms with Gasteiger partial charge in [0.05, 0.1) is 0 Å². The van der Waals surface area contributed by atoms with Gasteiger partial charge < -0.3 is 10.1 Å². The molecule has 0 spiro atoms. The summed E-state index contributed by atoms with van der Waals surface area (Å²) in [5.41, 5.74) is 0. The van der Waals surface area contributed by atoms with Crippen LogP contribution in [0.5, 0.6) is 0 Å². The van der Waals surface area contributed by atoms with Gasteiger partial charge in [0, 0.05) is 19.8 Å². The van der Waals surface area contributed by atoms with Crippen LogP contribution in [-0.4, -0.2) is 25.7 Å². The van der Waals surface area contributed by atoms with Gasteiger partial charge in [0.25, 0.3) is 0 Å². The maximum absolute atomic E-state index is 10.7. The number of hydrogen-bond donors (Lipinski definition) is 1. The van der Waals surface area contributed by atoms with E-state index in [2.05, 4.69) is 11.9 Å². The summed E-state index contributed by atoms with van der Waals surface area (Å²) in [6, 6.07) is 0. The zero-order chi connectivity index (χ0) is 10.6. The molecule has 0 saturated carbocycles. The second-order valence-corrected chi connectivity index (χ2v) is 3.11. The first-order valence-corrected chi connectivity index (χ1v) is 5.29. The van der Waals surface area contributed by atoms with Crippen LogP contribution < -0.4 is 5.32 Å². The summed E-state index contributed by atoms with van der Waals surface area (Å²) in [4.78, 5) is 10.7. The van der Waals surface area contributed by atoms with Gasteiger partial charge in [-0.1, -0.05) is 19.4 Å². The van der Waals surface area contributed by atoms with Gasteiger partial charge in [0.1, 0.15) is 0 Å². The summed E-state index contributed by atoms with van der Waals surface area (Å²) in [5.74, 6) is -0.0840. The molecule has 0 unspecified atom stereocenters. The van der Waals surface area contributed by atoms with Crippen molar-refractivity contribution in [3.05, 3.63) is 12.7 Å². The SMILES string of the molecule is C=CC(=O)NCCCCCCOCC. The summed E-state index contributed by atoms with van der Waals surface area (Å²) in [7, 11) is 0. The predicted octanol–water partition coefficient (Wildman–Crippen LogP) is 1.89. The lowest BCUT2D eigenvalue weighted by atomic mass is 10.2. The molecule has 0 aromatic heterocycles. The maximum atomic E-state index is 10.7. The fourth-order valence-corrected chi connectivity index (χ4v) is 1.11. The van der Waals surface area contributed by atoms with Crippen molar-refractivity contribution in [2.24, 2.45) is 0 Å². The topological polar surface area (TPSA) is 38.3 Å². The molecule has 0 radical (unpaired) electrons. The van der Waals surface area contributed by atoms with Crippen LogP contribution in [0.25, 0.3) is 0 Å². The Kier molecular flexibility index (Phi) is 9.64. The van der Waals surface area contributed by atoms with Crippen LogP contribution in [0, 0.1) is 0 Å². The van der Waals surface area contributed by atoms with Gasteiger partial charge >= 0.3 is 0 Å². The Hall–Kier alpha value is -0.830. The molecule has 0 aliphatic rings. The van der Waals surface area contributed by atoms with E-state index in [-0.39, 0.29) is 5.91 Å². The Balaban J connectivity index is 2.99. The van der Waals surface area contributed by atoms with E-state index in [1.807, 2.05) is 6.92 Å². The Bertz CT molecular complexity index is 157. The van der Waals surface area contributed by atoms with E-state index >= 15 is 0 Å². The molecule has 1 amide bonds. The molecule has 0 fully saturated rings. The van der Waals surface area contributed by atoms with Crippen molar-refractivity contribution in [1.29, 1.82) is 0 Å². The minimum atomic E-state index is -0.0840. The minimum absolute atomic E-state index is 0.0840. The highest BCUT2D eigenvalue weighted by Gasteiger charge is 1.93. The molecule has 0 aromatic rings. The van der Waals surface area contributed by atoms with Crippen LogP contribution in [0.2, 0.25) is 0 Å². The standard InChI is InChI=1S/C11H21NO2/c1-3-11(13)12-9-7-5-6-8-10-14-4-2/h3H,1,4-10H2,2H3,(H,12,13). The number of hydrogen-bond acceptors (Lipinski definition) is 2. The Morgan fingerprint density at radius 2 is 2.07 bits per heavy atom. The first kappa shape index (κ1) is 13.2. The highest BCUT2D eigenvalue weighted by molar-refractivity contribution is 5.86. The first-order valence-electron chi connectivity index (χ1n) is 5.29. The number of carbonyl (C=O) groups is 1. The number of amides is 1. The molecule has 3 heteroatoms. The fraction of sp³-hybridized carbons (Fsp3) is 0.727. The normalized spacial score (nSPS) is 9.79. The van der Waals surface area contributed by atoms with Crippen LogP contribution in [0.3, 0.4) is 0 Å². The van der Waals surface area contributed by atoms with Gasteiger partial charge in [0.2, 0.25) is 5.91 Å². The van der Waals surface area contributed by atoms with Crippen molar-refractivity contribution in [3.63, 3.8) is 0 Å². The predicted molar refractivity (Wildman–Crippen MR) is 58.2 cm³/mol. The smallest absolute Gasteiger partial charge is 0.243 e. The number of ether oxygens (including phenoxy) is 1. The highest BCUT2D eigenvalue weighted by Crippen LogP contribution is 1.98. The number of nitrogens with one attached hydrogen (secondary N) is 1. The van der Waals surface area contributed by atoms with Crippen LogP contribution >= 0.6 is 0 Å². The van der Waals surface area contributed by atoms with Gasteiger partial charge in [-0.3, -0.25) is 4.79 Å². The summed E-state index contributed by atoms with van der Waals surface area (Å²) in [6.45, 7) is 7.79. The molecule has 0 saturated heterocycles. The Labute approximate surface area is 86.5 Å². The molecule has 0 rings (SSSR count). The molecule has 0 heterocycles. The van der Waals surface area contributed by atoms with Crippen LogP contribution in [0.15, 0.2) is 12.7 Å². The third kappa shape index (κ3) is 9.26. The lowest BCUT2D eigenvalue weighted by molar-refractivity contribution is -0.116. The molecule has 1 N–H and O–H groups in total. The molecule has 0 aliphatic heterocycles. The van der Waals surface area contributed by atoms with Crippen molar-refractivity contribution in [3.8, 4) is 0 Å². The molecular weight excluding hydrogens is 178 g/mol. The van der Waals surface area contributed by atoms with E-state index in [4.69, 9.17) is 4.74 Å². The van der Waals surface area contributed by atoms with Crippen LogP contribution in [0.4, 0.5) is 0 Å². The summed E-state index contributed by atoms with van der Waals surface area (Å²) >= 11 is 0. The lowest BCUT2D eigenvalue weighted by Crippen LogP contribution is -2.21. The first-order chi connectivity index (χ1) is 6.81. The molecule has 14 heavy (non-hydrogen) atoms. The molecule has 0 aliphatic carbocycles. The minimum Gasteiger partial charge on any atom is -0.382 e. The zero-order valence-corrected chi connectivity index (χ0v) is 9.05. The molecular formula is C11H21NO2. The maximum Gasteiger partial charge on any atom is 0.243 e. The largest absolute Gasteiger partial charge is 0.382 e. The van der Waals surface area contributed by atoms with Gasteiger partial charge in [-0.2, -0.15) is 0 Å². The molecule has 0 bridgehead atoms. The second-order valence-electron chi connectivity index (χ2n) is 3.11. The van der Waals surface area contributed by atoms with Crippen LogP contribution in [0.1, 0.15) is 32.6 Å². The van der Waals surface area contributed by atoms with Gasteiger partial charge in [-0.05, 0) is 25.8 Å². The molecule has 0 aromatic carbocycles. The quantitative estimate of drug-likeness (QED) is 0.455. The van der Waals surface area contributed by atoms with Crippen molar-refractivity contribution >= 4 is 5.91 Å². The van der Waals surface area contributed by atoms with E-state index in [1.54, 1.807) is 0 Å². The Morgan fingerprint density at radius 3 is 2.71 bits per heavy atom. The summed E-state index contributed by atoms with van der Waals surface area (Å²) in [6.07, 6.45) is 5.76. The average molecular weight is 199 g/mol. The van der Waals surface area contributed by atoms with Crippen molar-refractivity contribution in [2.75, 3.05) is 19.8 Å².